The normalized spacial score (nSPS) is 13.8. The summed E-state index contributed by atoms with van der Waals surface area (Å²) in [6, 6.07) is 6.48. The Morgan fingerprint density at radius 1 is 1.26 bits per heavy atom. The minimum Gasteiger partial charge on any atom is -0.390 e. The maximum atomic E-state index is 14.7. The standard InChI is InChI=1S/C19H22FN9O2/c1-12(10-30)24-16-9-17(23-11-22-16)29-18(21)26-19(27-29)25-15-3-2-13(8-14(15)20)28-4-6-31-7-5-28/h2-3,8-9,11,30H,1,4-7,10H2,(H,22,23,24)(H3,21,25,26,27). The molecule has 5 N–H and O–H groups in total. The molecule has 0 radical (unpaired) electrons. The zero-order valence-corrected chi connectivity index (χ0v) is 16.6. The van der Waals surface area contributed by atoms with Crippen LogP contribution in [0.4, 0.5) is 33.5 Å². The predicted molar refractivity (Wildman–Crippen MR) is 114 cm³/mol. The van der Waals surface area contributed by atoms with Gasteiger partial charge in [-0.2, -0.15) is 9.67 Å². The van der Waals surface area contributed by atoms with E-state index in [0.717, 1.165) is 18.8 Å². The molecule has 0 amide bonds. The van der Waals surface area contributed by atoms with Gasteiger partial charge in [-0.1, -0.05) is 6.58 Å². The van der Waals surface area contributed by atoms with Crippen molar-refractivity contribution < 1.29 is 14.2 Å². The van der Waals surface area contributed by atoms with Crippen LogP contribution in [-0.4, -0.2) is 62.7 Å². The minimum atomic E-state index is -0.435. The molecular weight excluding hydrogens is 405 g/mol. The van der Waals surface area contributed by atoms with E-state index in [1.807, 2.05) is 6.07 Å². The van der Waals surface area contributed by atoms with Crippen LogP contribution in [0.25, 0.3) is 5.82 Å². The van der Waals surface area contributed by atoms with E-state index < -0.39 is 5.82 Å². The van der Waals surface area contributed by atoms with Crippen LogP contribution in [-0.2, 0) is 4.74 Å². The molecule has 0 aliphatic carbocycles. The first-order chi connectivity index (χ1) is 15.0. The number of ether oxygens (including phenoxy) is 1. The van der Waals surface area contributed by atoms with Crippen molar-refractivity contribution in [3.8, 4) is 5.82 Å². The minimum absolute atomic E-state index is 0.0541. The van der Waals surface area contributed by atoms with Crippen molar-refractivity contribution in [3.05, 3.63) is 48.7 Å². The molecule has 12 heteroatoms. The van der Waals surface area contributed by atoms with Crippen molar-refractivity contribution in [2.45, 2.75) is 0 Å². The zero-order chi connectivity index (χ0) is 21.8. The van der Waals surface area contributed by atoms with Crippen molar-refractivity contribution in [2.75, 3.05) is 54.2 Å². The zero-order valence-electron chi connectivity index (χ0n) is 16.6. The number of aromatic nitrogens is 5. The topological polar surface area (TPSA) is 139 Å². The third kappa shape index (κ3) is 4.70. The molecule has 0 saturated carbocycles. The Labute approximate surface area is 177 Å². The lowest BCUT2D eigenvalue weighted by Gasteiger charge is -2.29. The van der Waals surface area contributed by atoms with Gasteiger partial charge < -0.3 is 31.1 Å². The molecule has 4 rings (SSSR count). The first-order valence-electron chi connectivity index (χ1n) is 9.53. The molecule has 31 heavy (non-hydrogen) atoms. The van der Waals surface area contributed by atoms with Gasteiger partial charge in [0.05, 0.1) is 25.5 Å². The van der Waals surface area contributed by atoms with E-state index in [9.17, 15) is 4.39 Å². The number of morpholine rings is 1. The van der Waals surface area contributed by atoms with Gasteiger partial charge in [-0.05, 0) is 18.2 Å². The molecule has 1 fully saturated rings. The Bertz CT molecular complexity index is 1080. The van der Waals surface area contributed by atoms with Gasteiger partial charge in [0.2, 0.25) is 11.9 Å². The van der Waals surface area contributed by atoms with E-state index in [1.165, 1.54) is 17.1 Å². The van der Waals surface area contributed by atoms with E-state index in [4.69, 9.17) is 15.6 Å². The van der Waals surface area contributed by atoms with Gasteiger partial charge in [0.25, 0.3) is 0 Å². The highest BCUT2D eigenvalue weighted by Crippen LogP contribution is 2.25. The average molecular weight is 427 g/mol. The highest BCUT2D eigenvalue weighted by atomic mass is 19.1. The van der Waals surface area contributed by atoms with Crippen molar-refractivity contribution >= 4 is 29.1 Å². The summed E-state index contributed by atoms with van der Waals surface area (Å²) in [7, 11) is 0. The van der Waals surface area contributed by atoms with Crippen LogP contribution in [0.15, 0.2) is 42.9 Å². The molecule has 3 aromatic rings. The monoisotopic (exact) mass is 427 g/mol. The van der Waals surface area contributed by atoms with Crippen molar-refractivity contribution in [1.82, 2.24) is 24.7 Å². The lowest BCUT2D eigenvalue weighted by molar-refractivity contribution is 0.122. The number of nitrogens with one attached hydrogen (secondary N) is 2. The summed E-state index contributed by atoms with van der Waals surface area (Å²) in [5.74, 6) is 0.472. The number of rotatable bonds is 7. The third-order valence-corrected chi connectivity index (χ3v) is 4.57. The quantitative estimate of drug-likeness (QED) is 0.436. The Morgan fingerprint density at radius 2 is 2.06 bits per heavy atom. The molecule has 0 spiro atoms. The smallest absolute Gasteiger partial charge is 0.248 e. The Kier molecular flexibility index (Phi) is 5.91. The van der Waals surface area contributed by atoms with E-state index >= 15 is 0 Å². The first-order valence-corrected chi connectivity index (χ1v) is 9.53. The van der Waals surface area contributed by atoms with Gasteiger partial charge in [0, 0.05) is 30.5 Å². The van der Waals surface area contributed by atoms with Crippen molar-refractivity contribution in [3.63, 3.8) is 0 Å². The number of nitrogens with two attached hydrogens (primary N) is 1. The van der Waals surface area contributed by atoms with E-state index in [0.29, 0.717) is 30.5 Å². The van der Waals surface area contributed by atoms with Crippen LogP contribution in [0.5, 0.6) is 0 Å². The number of benzene rings is 1. The van der Waals surface area contributed by atoms with Gasteiger partial charge in [-0.15, -0.1) is 5.10 Å². The largest absolute Gasteiger partial charge is 0.390 e. The summed E-state index contributed by atoms with van der Waals surface area (Å²) in [6.07, 6.45) is 1.31. The number of hydrogen-bond acceptors (Lipinski definition) is 10. The van der Waals surface area contributed by atoms with E-state index in [-0.39, 0.29) is 24.2 Å². The number of anilines is 5. The molecule has 1 aromatic carbocycles. The lowest BCUT2D eigenvalue weighted by atomic mass is 10.2. The van der Waals surface area contributed by atoms with Gasteiger partial charge in [-0.3, -0.25) is 0 Å². The van der Waals surface area contributed by atoms with Gasteiger partial charge in [0.15, 0.2) is 5.82 Å². The Morgan fingerprint density at radius 3 is 2.81 bits per heavy atom. The van der Waals surface area contributed by atoms with E-state index in [2.05, 4.69) is 42.2 Å². The third-order valence-electron chi connectivity index (χ3n) is 4.57. The van der Waals surface area contributed by atoms with Crippen LogP contribution >= 0.6 is 0 Å². The van der Waals surface area contributed by atoms with Gasteiger partial charge in [-0.25, -0.2) is 14.4 Å². The number of halogens is 1. The molecule has 162 valence electrons. The van der Waals surface area contributed by atoms with Gasteiger partial charge >= 0.3 is 0 Å². The lowest BCUT2D eigenvalue weighted by Crippen LogP contribution is -2.36. The molecule has 1 aliphatic heterocycles. The summed E-state index contributed by atoms with van der Waals surface area (Å²) in [4.78, 5) is 14.4. The molecule has 11 nitrogen and oxygen atoms in total. The number of hydrogen-bond donors (Lipinski definition) is 4. The SMILES string of the molecule is C=C(CO)Nc1cc(-n2nc(Nc3ccc(N4CCOCC4)cc3F)nc2N)ncn1. The number of nitrogens with zero attached hydrogens (tertiary/aromatic N) is 6. The van der Waals surface area contributed by atoms with Crippen molar-refractivity contribution in [1.29, 1.82) is 0 Å². The maximum Gasteiger partial charge on any atom is 0.248 e. The van der Waals surface area contributed by atoms with Crippen LogP contribution in [0, 0.1) is 5.82 Å². The second-order valence-electron chi connectivity index (χ2n) is 6.74. The van der Waals surface area contributed by atoms with Crippen molar-refractivity contribution in [2.24, 2.45) is 0 Å². The first kappa shape index (κ1) is 20.5. The predicted octanol–water partition coefficient (Wildman–Crippen LogP) is 1.28. The average Bonchev–Trinajstić information content (AvgIpc) is 3.16. The Hall–Kier alpha value is -3.77. The fraction of sp³-hybridized carbons (Fsp3) is 0.263. The second-order valence-corrected chi connectivity index (χ2v) is 6.74. The molecular formula is C19H22FN9O2. The van der Waals surface area contributed by atoms with Crippen LogP contribution in [0.1, 0.15) is 0 Å². The fourth-order valence-corrected chi connectivity index (χ4v) is 3.04. The fourth-order valence-electron chi connectivity index (χ4n) is 3.04. The number of aliphatic hydroxyl groups excluding tert-OH is 1. The van der Waals surface area contributed by atoms with Crippen LogP contribution in [0.3, 0.4) is 0 Å². The molecule has 3 heterocycles. The number of aliphatic hydroxyl groups is 1. The molecule has 1 aliphatic rings. The van der Waals surface area contributed by atoms with Crippen LogP contribution in [0.2, 0.25) is 0 Å². The summed E-state index contributed by atoms with van der Waals surface area (Å²) >= 11 is 0. The number of nitrogen functional groups attached to an aromatic ring is 1. The molecule has 0 atom stereocenters. The summed E-state index contributed by atoms with van der Waals surface area (Å²) in [6.45, 7) is 6.09. The Balaban J connectivity index is 1.52. The summed E-state index contributed by atoms with van der Waals surface area (Å²) in [5, 5.41) is 19.0. The summed E-state index contributed by atoms with van der Waals surface area (Å²) in [5.41, 5.74) is 7.34. The second kappa shape index (κ2) is 8.93. The van der Waals surface area contributed by atoms with E-state index in [1.54, 1.807) is 12.1 Å². The molecule has 0 bridgehead atoms. The molecule has 1 saturated heterocycles. The molecule has 0 unspecified atom stereocenters. The van der Waals surface area contributed by atoms with Gasteiger partial charge in [0.1, 0.15) is 18.0 Å². The van der Waals surface area contributed by atoms with Crippen LogP contribution < -0.4 is 21.3 Å². The molecule has 2 aromatic heterocycles. The summed E-state index contributed by atoms with van der Waals surface area (Å²) < 4.78 is 21.3. The highest BCUT2D eigenvalue weighted by molar-refractivity contribution is 5.61. The maximum absolute atomic E-state index is 14.7. The highest BCUT2D eigenvalue weighted by Gasteiger charge is 2.16.